The number of carbonyl (C=O) groups excluding carboxylic acids is 1. The Bertz CT molecular complexity index is 323. The average Bonchev–Trinajstić information content (AvgIpc) is 2.24. The van der Waals surface area contributed by atoms with Gasteiger partial charge in [-0.1, -0.05) is 33.6 Å². The zero-order chi connectivity index (χ0) is 13.9. The lowest BCUT2D eigenvalue weighted by atomic mass is 9.82. The topological polar surface area (TPSA) is 92.4 Å². The van der Waals surface area contributed by atoms with Crippen LogP contribution < -0.4 is 11.1 Å². The molecular weight excluding hydrogens is 232 g/mol. The third-order valence-electron chi connectivity index (χ3n) is 3.56. The van der Waals surface area contributed by atoms with Crippen LogP contribution in [0.1, 0.15) is 46.5 Å². The van der Waals surface area contributed by atoms with Gasteiger partial charge in [-0.05, 0) is 18.3 Å². The van der Waals surface area contributed by atoms with Crippen LogP contribution in [0.5, 0.6) is 0 Å². The Kier molecular flexibility index (Phi) is 4.73. The molecule has 0 heterocycles. The van der Waals surface area contributed by atoms with Gasteiger partial charge in [-0.25, -0.2) is 4.79 Å². The highest BCUT2D eigenvalue weighted by molar-refractivity contribution is 5.85. The maximum atomic E-state index is 12.1. The van der Waals surface area contributed by atoms with Gasteiger partial charge in [0.2, 0.25) is 5.91 Å². The SMILES string of the molecule is CC(C)(C)[C@@H](NC(=O)C1CCCCC1N)C(=O)O. The van der Waals surface area contributed by atoms with Crippen LogP contribution in [-0.2, 0) is 9.59 Å². The molecule has 1 rings (SSSR count). The molecule has 104 valence electrons. The number of rotatable bonds is 3. The van der Waals surface area contributed by atoms with Crippen molar-refractivity contribution in [3.05, 3.63) is 0 Å². The molecule has 1 amide bonds. The summed E-state index contributed by atoms with van der Waals surface area (Å²) >= 11 is 0. The third-order valence-corrected chi connectivity index (χ3v) is 3.56. The standard InChI is InChI=1S/C13H24N2O3/c1-13(2,3)10(12(17)18)15-11(16)8-6-4-5-7-9(8)14/h8-10H,4-7,14H2,1-3H3,(H,15,16)(H,17,18)/t8?,9?,10-/m0/s1. The van der Waals surface area contributed by atoms with Gasteiger partial charge in [0.25, 0.3) is 0 Å². The average molecular weight is 256 g/mol. The Balaban J connectivity index is 2.69. The highest BCUT2D eigenvalue weighted by Crippen LogP contribution is 2.25. The van der Waals surface area contributed by atoms with Crippen molar-refractivity contribution in [1.29, 1.82) is 0 Å². The van der Waals surface area contributed by atoms with Crippen LogP contribution in [0, 0.1) is 11.3 Å². The Morgan fingerprint density at radius 2 is 1.83 bits per heavy atom. The largest absolute Gasteiger partial charge is 0.480 e. The fourth-order valence-corrected chi connectivity index (χ4v) is 2.38. The second-order valence-electron chi connectivity index (χ2n) is 6.20. The molecule has 1 fully saturated rings. The van der Waals surface area contributed by atoms with Crippen LogP contribution in [0.4, 0.5) is 0 Å². The summed E-state index contributed by atoms with van der Waals surface area (Å²) in [7, 11) is 0. The normalized spacial score (nSPS) is 26.4. The van der Waals surface area contributed by atoms with E-state index < -0.39 is 17.4 Å². The second-order valence-corrected chi connectivity index (χ2v) is 6.20. The van der Waals surface area contributed by atoms with E-state index in [2.05, 4.69) is 5.32 Å². The molecule has 1 aliphatic carbocycles. The Morgan fingerprint density at radius 1 is 1.28 bits per heavy atom. The molecule has 0 radical (unpaired) electrons. The van der Waals surface area contributed by atoms with E-state index in [9.17, 15) is 14.7 Å². The first-order valence-corrected chi connectivity index (χ1v) is 6.52. The lowest BCUT2D eigenvalue weighted by Gasteiger charge is -2.32. The van der Waals surface area contributed by atoms with E-state index in [1.165, 1.54) is 0 Å². The highest BCUT2D eigenvalue weighted by Gasteiger charge is 2.36. The van der Waals surface area contributed by atoms with Crippen molar-refractivity contribution < 1.29 is 14.7 Å². The summed E-state index contributed by atoms with van der Waals surface area (Å²) < 4.78 is 0. The molecular formula is C13H24N2O3. The Hall–Kier alpha value is -1.10. The molecule has 1 aliphatic rings. The maximum absolute atomic E-state index is 12.1. The quantitative estimate of drug-likeness (QED) is 0.705. The number of carboxylic acid groups (broad SMARTS) is 1. The van der Waals surface area contributed by atoms with Gasteiger partial charge < -0.3 is 16.2 Å². The molecule has 0 aromatic carbocycles. The highest BCUT2D eigenvalue weighted by atomic mass is 16.4. The van der Waals surface area contributed by atoms with Gasteiger partial charge in [0, 0.05) is 6.04 Å². The molecule has 5 nitrogen and oxygen atoms in total. The van der Waals surface area contributed by atoms with E-state index in [1.807, 2.05) is 0 Å². The number of carbonyl (C=O) groups is 2. The second kappa shape index (κ2) is 5.69. The minimum atomic E-state index is -1.000. The van der Waals surface area contributed by atoms with Crippen molar-refractivity contribution in [2.45, 2.75) is 58.5 Å². The molecule has 1 saturated carbocycles. The summed E-state index contributed by atoms with van der Waals surface area (Å²) in [6, 6.07) is -1.02. The third kappa shape index (κ3) is 3.70. The summed E-state index contributed by atoms with van der Waals surface area (Å²) in [6.45, 7) is 5.40. The van der Waals surface area contributed by atoms with Gasteiger partial charge in [-0.3, -0.25) is 4.79 Å². The van der Waals surface area contributed by atoms with Crippen molar-refractivity contribution in [3.63, 3.8) is 0 Å². The summed E-state index contributed by atoms with van der Waals surface area (Å²) in [5, 5.41) is 11.8. The van der Waals surface area contributed by atoms with Gasteiger partial charge >= 0.3 is 5.97 Å². The van der Waals surface area contributed by atoms with Crippen molar-refractivity contribution in [1.82, 2.24) is 5.32 Å². The smallest absolute Gasteiger partial charge is 0.326 e. The number of amides is 1. The fourth-order valence-electron chi connectivity index (χ4n) is 2.38. The first-order chi connectivity index (χ1) is 8.23. The summed E-state index contributed by atoms with van der Waals surface area (Å²) in [4.78, 5) is 23.3. The lowest BCUT2D eigenvalue weighted by molar-refractivity contribution is -0.146. The van der Waals surface area contributed by atoms with Gasteiger partial charge in [0.1, 0.15) is 6.04 Å². The number of nitrogens with two attached hydrogens (primary N) is 1. The summed E-state index contributed by atoms with van der Waals surface area (Å²) in [6.07, 6.45) is 3.63. The molecule has 0 saturated heterocycles. The number of hydrogen-bond donors (Lipinski definition) is 3. The zero-order valence-corrected chi connectivity index (χ0v) is 11.4. The maximum Gasteiger partial charge on any atom is 0.326 e. The number of aliphatic carboxylic acids is 1. The first kappa shape index (κ1) is 15.0. The van der Waals surface area contributed by atoms with Gasteiger partial charge in [0.05, 0.1) is 5.92 Å². The van der Waals surface area contributed by atoms with E-state index in [-0.39, 0.29) is 17.9 Å². The minimum Gasteiger partial charge on any atom is -0.480 e. The van der Waals surface area contributed by atoms with Crippen LogP contribution in [-0.4, -0.2) is 29.1 Å². The van der Waals surface area contributed by atoms with Crippen molar-refractivity contribution in [2.24, 2.45) is 17.1 Å². The van der Waals surface area contributed by atoms with Crippen LogP contribution in [0.25, 0.3) is 0 Å². The minimum absolute atomic E-state index is 0.145. The molecule has 0 aromatic rings. The van der Waals surface area contributed by atoms with Crippen LogP contribution >= 0.6 is 0 Å². The fraction of sp³-hybridized carbons (Fsp3) is 0.846. The predicted octanol–water partition coefficient (Wildman–Crippen LogP) is 1.12. The van der Waals surface area contributed by atoms with Crippen LogP contribution in [0.3, 0.4) is 0 Å². The molecule has 0 bridgehead atoms. The van der Waals surface area contributed by atoms with E-state index in [4.69, 9.17) is 5.73 Å². The summed E-state index contributed by atoms with van der Waals surface area (Å²) in [5.74, 6) is -1.47. The van der Waals surface area contributed by atoms with Crippen molar-refractivity contribution >= 4 is 11.9 Å². The van der Waals surface area contributed by atoms with Gasteiger partial charge in [-0.2, -0.15) is 0 Å². The first-order valence-electron chi connectivity index (χ1n) is 6.52. The molecule has 18 heavy (non-hydrogen) atoms. The van der Waals surface area contributed by atoms with E-state index in [0.717, 1.165) is 25.7 Å². The Morgan fingerprint density at radius 3 is 2.28 bits per heavy atom. The molecule has 0 aromatic heterocycles. The van der Waals surface area contributed by atoms with E-state index in [1.54, 1.807) is 20.8 Å². The van der Waals surface area contributed by atoms with Gasteiger partial charge in [-0.15, -0.1) is 0 Å². The molecule has 4 N–H and O–H groups in total. The molecule has 0 aliphatic heterocycles. The number of carboxylic acids is 1. The van der Waals surface area contributed by atoms with E-state index in [0.29, 0.717) is 0 Å². The lowest BCUT2D eigenvalue weighted by Crippen LogP contribution is -2.53. The molecule has 3 atom stereocenters. The van der Waals surface area contributed by atoms with Gasteiger partial charge in [0.15, 0.2) is 0 Å². The van der Waals surface area contributed by atoms with Crippen LogP contribution in [0.15, 0.2) is 0 Å². The van der Waals surface area contributed by atoms with Crippen molar-refractivity contribution in [3.8, 4) is 0 Å². The van der Waals surface area contributed by atoms with E-state index >= 15 is 0 Å². The molecule has 2 unspecified atom stereocenters. The Labute approximate surface area is 108 Å². The monoisotopic (exact) mass is 256 g/mol. The van der Waals surface area contributed by atoms with Crippen LogP contribution in [0.2, 0.25) is 0 Å². The molecule has 5 heteroatoms. The number of nitrogens with one attached hydrogen (secondary N) is 1. The zero-order valence-electron chi connectivity index (χ0n) is 11.4. The predicted molar refractivity (Wildman–Crippen MR) is 69.0 cm³/mol. The summed E-state index contributed by atoms with van der Waals surface area (Å²) in [5.41, 5.74) is 5.42. The molecule has 0 spiro atoms. The number of hydrogen-bond acceptors (Lipinski definition) is 3. The van der Waals surface area contributed by atoms with Crippen molar-refractivity contribution in [2.75, 3.05) is 0 Å².